The number of hydrogen-bond acceptors (Lipinski definition) is 3. The first-order valence-corrected chi connectivity index (χ1v) is 7.88. The molecule has 23 heavy (non-hydrogen) atoms. The lowest BCUT2D eigenvalue weighted by molar-refractivity contribution is -0.140. The summed E-state index contributed by atoms with van der Waals surface area (Å²) in [5.74, 6) is -0.0489. The molecule has 0 aliphatic carbocycles. The van der Waals surface area contributed by atoms with E-state index in [0.29, 0.717) is 13.2 Å². The molecule has 1 aliphatic heterocycles. The summed E-state index contributed by atoms with van der Waals surface area (Å²) < 4.78 is 5.47. The van der Waals surface area contributed by atoms with Crippen molar-refractivity contribution in [3.63, 3.8) is 0 Å². The van der Waals surface area contributed by atoms with Crippen LogP contribution in [-0.2, 0) is 9.53 Å². The Balaban J connectivity index is 1.79. The number of amides is 1. The van der Waals surface area contributed by atoms with Crippen molar-refractivity contribution in [1.82, 2.24) is 4.90 Å². The third kappa shape index (κ3) is 3.44. The summed E-state index contributed by atoms with van der Waals surface area (Å²) >= 11 is 0. The van der Waals surface area contributed by atoms with E-state index in [9.17, 15) is 9.90 Å². The molecule has 2 atom stereocenters. The standard InChI is InChI=1S/C19H21NO3/c1-14-13-23-17(12-21)11-20(14)19(22)10-9-16-7-4-6-15-5-2-3-8-18(15)16/h2-10,14,17,21H,11-13H2,1H3/b10-9+. The highest BCUT2D eigenvalue weighted by atomic mass is 16.5. The zero-order valence-corrected chi connectivity index (χ0v) is 13.2. The van der Waals surface area contributed by atoms with E-state index in [0.717, 1.165) is 16.3 Å². The second kappa shape index (κ2) is 6.94. The topological polar surface area (TPSA) is 49.8 Å². The molecule has 2 aromatic carbocycles. The fraction of sp³-hybridized carbons (Fsp3) is 0.316. The van der Waals surface area contributed by atoms with Gasteiger partial charge in [0.05, 0.1) is 25.4 Å². The molecule has 0 saturated carbocycles. The van der Waals surface area contributed by atoms with Crippen LogP contribution in [-0.4, -0.2) is 47.8 Å². The lowest BCUT2D eigenvalue weighted by atomic mass is 10.0. The molecular formula is C19H21NO3. The van der Waals surface area contributed by atoms with Crippen LogP contribution in [0, 0.1) is 0 Å². The molecule has 1 aliphatic rings. The lowest BCUT2D eigenvalue weighted by Gasteiger charge is -2.36. The number of nitrogens with zero attached hydrogens (tertiary/aromatic N) is 1. The predicted octanol–water partition coefficient (Wildman–Crippen LogP) is 2.46. The van der Waals surface area contributed by atoms with Crippen molar-refractivity contribution < 1.29 is 14.6 Å². The number of carbonyl (C=O) groups is 1. The van der Waals surface area contributed by atoms with Gasteiger partial charge in [-0.2, -0.15) is 0 Å². The first-order chi connectivity index (χ1) is 11.2. The van der Waals surface area contributed by atoms with Gasteiger partial charge in [0.15, 0.2) is 0 Å². The number of fused-ring (bicyclic) bond motifs is 1. The molecule has 1 heterocycles. The second-order valence-electron chi connectivity index (χ2n) is 5.88. The molecule has 1 N–H and O–H groups in total. The zero-order valence-electron chi connectivity index (χ0n) is 13.2. The minimum Gasteiger partial charge on any atom is -0.394 e. The smallest absolute Gasteiger partial charge is 0.246 e. The molecule has 2 unspecified atom stereocenters. The molecule has 0 radical (unpaired) electrons. The quantitative estimate of drug-likeness (QED) is 0.886. The zero-order chi connectivity index (χ0) is 16.2. The van der Waals surface area contributed by atoms with Gasteiger partial charge in [0, 0.05) is 12.6 Å². The van der Waals surface area contributed by atoms with Crippen LogP contribution in [0.1, 0.15) is 12.5 Å². The van der Waals surface area contributed by atoms with Gasteiger partial charge in [-0.1, -0.05) is 42.5 Å². The van der Waals surface area contributed by atoms with Crippen molar-refractivity contribution >= 4 is 22.8 Å². The SMILES string of the molecule is CC1COC(CO)CN1C(=O)/C=C/c1cccc2ccccc12. The summed E-state index contributed by atoms with van der Waals surface area (Å²) in [5.41, 5.74) is 1.02. The molecule has 1 fully saturated rings. The largest absolute Gasteiger partial charge is 0.394 e. The number of morpholine rings is 1. The van der Waals surface area contributed by atoms with E-state index in [-0.39, 0.29) is 24.7 Å². The van der Waals surface area contributed by atoms with E-state index >= 15 is 0 Å². The van der Waals surface area contributed by atoms with Crippen LogP contribution in [0.5, 0.6) is 0 Å². The Morgan fingerprint density at radius 2 is 2.09 bits per heavy atom. The molecule has 0 bridgehead atoms. The van der Waals surface area contributed by atoms with Crippen LogP contribution in [0.4, 0.5) is 0 Å². The monoisotopic (exact) mass is 311 g/mol. The van der Waals surface area contributed by atoms with Crippen molar-refractivity contribution in [2.45, 2.75) is 19.1 Å². The van der Waals surface area contributed by atoms with E-state index < -0.39 is 0 Å². The number of aliphatic hydroxyl groups excluding tert-OH is 1. The van der Waals surface area contributed by atoms with Gasteiger partial charge in [-0.3, -0.25) is 4.79 Å². The van der Waals surface area contributed by atoms with E-state index in [1.54, 1.807) is 11.0 Å². The second-order valence-corrected chi connectivity index (χ2v) is 5.88. The van der Waals surface area contributed by atoms with E-state index in [1.807, 2.05) is 37.3 Å². The van der Waals surface area contributed by atoms with Crippen LogP contribution in [0.15, 0.2) is 48.5 Å². The highest BCUT2D eigenvalue weighted by Crippen LogP contribution is 2.20. The average molecular weight is 311 g/mol. The van der Waals surface area contributed by atoms with Crippen LogP contribution >= 0.6 is 0 Å². The van der Waals surface area contributed by atoms with Crippen LogP contribution in [0.25, 0.3) is 16.8 Å². The fourth-order valence-corrected chi connectivity index (χ4v) is 2.89. The fourth-order valence-electron chi connectivity index (χ4n) is 2.89. The molecule has 0 spiro atoms. The Hall–Kier alpha value is -2.17. The minimum atomic E-state index is -0.291. The third-order valence-electron chi connectivity index (χ3n) is 4.22. The van der Waals surface area contributed by atoms with Crippen LogP contribution in [0.2, 0.25) is 0 Å². The van der Waals surface area contributed by atoms with E-state index in [1.165, 1.54) is 0 Å². The van der Waals surface area contributed by atoms with Crippen molar-refractivity contribution in [2.75, 3.05) is 19.8 Å². The maximum absolute atomic E-state index is 12.5. The highest BCUT2D eigenvalue weighted by molar-refractivity contribution is 5.96. The number of aliphatic hydroxyl groups is 1. The Morgan fingerprint density at radius 3 is 2.91 bits per heavy atom. The summed E-state index contributed by atoms with van der Waals surface area (Å²) in [7, 11) is 0. The summed E-state index contributed by atoms with van der Waals surface area (Å²) in [6.45, 7) is 2.77. The number of rotatable bonds is 3. The van der Waals surface area contributed by atoms with Crippen molar-refractivity contribution in [2.24, 2.45) is 0 Å². The molecule has 1 amide bonds. The van der Waals surface area contributed by atoms with Crippen LogP contribution in [0.3, 0.4) is 0 Å². The van der Waals surface area contributed by atoms with Gasteiger partial charge in [0.2, 0.25) is 5.91 Å². The Kier molecular flexibility index (Phi) is 4.74. The Labute approximate surface area is 136 Å². The van der Waals surface area contributed by atoms with Gasteiger partial charge < -0.3 is 14.7 Å². The molecule has 4 heteroatoms. The highest BCUT2D eigenvalue weighted by Gasteiger charge is 2.27. The molecule has 0 aromatic heterocycles. The maximum Gasteiger partial charge on any atom is 0.246 e. The van der Waals surface area contributed by atoms with Crippen molar-refractivity contribution in [3.05, 3.63) is 54.1 Å². The molecule has 1 saturated heterocycles. The van der Waals surface area contributed by atoms with Gasteiger partial charge >= 0.3 is 0 Å². The Bertz CT molecular complexity index is 720. The van der Waals surface area contributed by atoms with Crippen LogP contribution < -0.4 is 0 Å². The first-order valence-electron chi connectivity index (χ1n) is 7.88. The third-order valence-corrected chi connectivity index (χ3v) is 4.22. The van der Waals surface area contributed by atoms with Crippen molar-refractivity contribution in [3.8, 4) is 0 Å². The number of hydrogen-bond donors (Lipinski definition) is 1. The Morgan fingerprint density at radius 1 is 1.30 bits per heavy atom. The maximum atomic E-state index is 12.5. The van der Waals surface area contributed by atoms with E-state index in [4.69, 9.17) is 4.74 Å². The first kappa shape index (κ1) is 15.7. The van der Waals surface area contributed by atoms with Gasteiger partial charge in [-0.05, 0) is 29.3 Å². The molecule has 3 rings (SSSR count). The van der Waals surface area contributed by atoms with Gasteiger partial charge in [-0.15, -0.1) is 0 Å². The van der Waals surface area contributed by atoms with Gasteiger partial charge in [-0.25, -0.2) is 0 Å². The normalized spacial score (nSPS) is 21.9. The average Bonchev–Trinajstić information content (AvgIpc) is 2.60. The molecule has 4 nitrogen and oxygen atoms in total. The summed E-state index contributed by atoms with van der Waals surface area (Å²) in [5, 5.41) is 11.5. The number of carbonyl (C=O) groups excluding carboxylic acids is 1. The summed E-state index contributed by atoms with van der Waals surface area (Å²) in [6.07, 6.45) is 3.18. The lowest BCUT2D eigenvalue weighted by Crippen LogP contribution is -2.51. The summed E-state index contributed by atoms with van der Waals surface area (Å²) in [4.78, 5) is 14.2. The number of benzene rings is 2. The molecular weight excluding hydrogens is 290 g/mol. The molecule has 120 valence electrons. The van der Waals surface area contributed by atoms with Gasteiger partial charge in [0.1, 0.15) is 0 Å². The number of ether oxygens (including phenoxy) is 1. The minimum absolute atomic E-state index is 0.0162. The summed E-state index contributed by atoms with van der Waals surface area (Å²) in [6, 6.07) is 14.2. The van der Waals surface area contributed by atoms with Crippen molar-refractivity contribution in [1.29, 1.82) is 0 Å². The predicted molar refractivity (Wildman–Crippen MR) is 91.0 cm³/mol. The molecule has 2 aromatic rings. The van der Waals surface area contributed by atoms with Gasteiger partial charge in [0.25, 0.3) is 0 Å². The van der Waals surface area contributed by atoms with E-state index in [2.05, 4.69) is 18.2 Å².